The summed E-state index contributed by atoms with van der Waals surface area (Å²) in [6.45, 7) is 0.223. The monoisotopic (exact) mass is 627 g/mol. The van der Waals surface area contributed by atoms with E-state index >= 15 is 0 Å². The van der Waals surface area contributed by atoms with Gasteiger partial charge in [-0.25, -0.2) is 9.37 Å². The molecular weight excluding hydrogens is 605 g/mol. The van der Waals surface area contributed by atoms with Gasteiger partial charge < -0.3 is 18.6 Å². The van der Waals surface area contributed by atoms with Crippen molar-refractivity contribution in [3.63, 3.8) is 0 Å². The molecule has 2 aromatic heterocycles. The van der Waals surface area contributed by atoms with Gasteiger partial charge in [-0.15, -0.1) is 0 Å². The lowest BCUT2D eigenvalue weighted by atomic mass is 10.2. The lowest BCUT2D eigenvalue weighted by Gasteiger charge is -2.13. The molecule has 0 saturated carbocycles. The number of ether oxygens (including phenoxy) is 3. The second-order valence-corrected chi connectivity index (χ2v) is 10.1. The smallest absolute Gasteiger partial charge is 0.282 e. The van der Waals surface area contributed by atoms with E-state index in [0.29, 0.717) is 49.5 Å². The molecule has 10 heteroatoms. The van der Waals surface area contributed by atoms with Crippen molar-refractivity contribution < 1.29 is 23.0 Å². The van der Waals surface area contributed by atoms with Crippen LogP contribution in [0.2, 0.25) is 0 Å². The molecule has 4 aromatic carbocycles. The molecule has 8 nitrogen and oxygen atoms in total. The molecule has 2 heterocycles. The molecule has 210 valence electrons. The van der Waals surface area contributed by atoms with E-state index in [1.807, 2.05) is 24.3 Å². The van der Waals surface area contributed by atoms with Gasteiger partial charge in [0.2, 0.25) is 5.82 Å². The van der Waals surface area contributed by atoms with Crippen molar-refractivity contribution in [1.82, 2.24) is 9.66 Å². The second kappa shape index (κ2) is 11.5. The van der Waals surface area contributed by atoms with Crippen LogP contribution in [0, 0.1) is 5.82 Å². The number of furan rings is 1. The van der Waals surface area contributed by atoms with Crippen molar-refractivity contribution in [3.8, 4) is 28.8 Å². The Bertz CT molecular complexity index is 2020. The van der Waals surface area contributed by atoms with E-state index in [-0.39, 0.29) is 23.8 Å². The number of hydrogen-bond donors (Lipinski definition) is 0. The van der Waals surface area contributed by atoms with Crippen LogP contribution >= 0.6 is 15.9 Å². The highest BCUT2D eigenvalue weighted by molar-refractivity contribution is 9.10. The van der Waals surface area contributed by atoms with E-state index in [1.54, 1.807) is 55.6 Å². The zero-order valence-corrected chi connectivity index (χ0v) is 24.1. The molecule has 6 rings (SSSR count). The lowest BCUT2D eigenvalue weighted by Crippen LogP contribution is -2.20. The highest BCUT2D eigenvalue weighted by Gasteiger charge is 2.18. The molecule has 0 radical (unpaired) electrons. The minimum Gasteiger partial charge on any atom is -0.496 e. The number of rotatable bonds is 8. The summed E-state index contributed by atoms with van der Waals surface area (Å²) >= 11 is 3.57. The lowest BCUT2D eigenvalue weighted by molar-refractivity contribution is 0.284. The Balaban J connectivity index is 1.40. The van der Waals surface area contributed by atoms with Gasteiger partial charge in [0.05, 0.1) is 36.7 Å². The van der Waals surface area contributed by atoms with Crippen LogP contribution in [-0.2, 0) is 6.61 Å². The summed E-state index contributed by atoms with van der Waals surface area (Å²) in [6, 6.07) is 23.9. The van der Waals surface area contributed by atoms with Gasteiger partial charge in [0.25, 0.3) is 5.56 Å². The van der Waals surface area contributed by atoms with Crippen molar-refractivity contribution in [3.05, 3.63) is 117 Å². The Morgan fingerprint density at radius 2 is 1.71 bits per heavy atom. The van der Waals surface area contributed by atoms with Crippen molar-refractivity contribution in [2.24, 2.45) is 5.10 Å². The van der Waals surface area contributed by atoms with Crippen LogP contribution in [0.15, 0.2) is 104 Å². The number of para-hydroxylation sites is 1. The maximum absolute atomic E-state index is 13.6. The molecule has 0 aliphatic carbocycles. The number of nitrogens with zero attached hydrogens (tertiary/aromatic N) is 3. The van der Waals surface area contributed by atoms with Crippen LogP contribution in [0.3, 0.4) is 0 Å². The summed E-state index contributed by atoms with van der Waals surface area (Å²) in [6.07, 6.45) is 1.53. The van der Waals surface area contributed by atoms with E-state index < -0.39 is 0 Å². The number of halogens is 2. The van der Waals surface area contributed by atoms with Crippen LogP contribution in [-0.4, -0.2) is 30.1 Å². The van der Waals surface area contributed by atoms with Gasteiger partial charge in [-0.1, -0.05) is 30.3 Å². The van der Waals surface area contributed by atoms with Gasteiger partial charge in [-0.2, -0.15) is 9.78 Å². The first kappa shape index (κ1) is 27.2. The molecule has 0 aliphatic heterocycles. The third-order valence-electron chi connectivity index (χ3n) is 6.62. The number of fused-ring (bicyclic) bond motifs is 2. The second-order valence-electron chi connectivity index (χ2n) is 9.24. The molecule has 0 bridgehead atoms. The fraction of sp³-hybridized carbons (Fsp3) is 0.0938. The fourth-order valence-corrected chi connectivity index (χ4v) is 4.92. The van der Waals surface area contributed by atoms with Gasteiger partial charge >= 0.3 is 0 Å². The van der Waals surface area contributed by atoms with Gasteiger partial charge in [0, 0.05) is 10.0 Å². The number of benzene rings is 4. The fourth-order valence-electron chi connectivity index (χ4n) is 4.50. The molecule has 0 aliphatic rings. The Kier molecular flexibility index (Phi) is 7.45. The molecule has 42 heavy (non-hydrogen) atoms. The minimum atomic E-state index is -0.360. The quantitative estimate of drug-likeness (QED) is 0.166. The zero-order chi connectivity index (χ0) is 29.2. The average molecular weight is 628 g/mol. The summed E-state index contributed by atoms with van der Waals surface area (Å²) in [5.41, 5.74) is 2.17. The first-order valence-electron chi connectivity index (χ1n) is 12.8. The van der Waals surface area contributed by atoms with E-state index in [1.165, 1.54) is 30.1 Å². The van der Waals surface area contributed by atoms with Gasteiger partial charge in [0.1, 0.15) is 23.8 Å². The van der Waals surface area contributed by atoms with Crippen LogP contribution in [0.4, 0.5) is 4.39 Å². The molecule has 0 N–H and O–H groups in total. The van der Waals surface area contributed by atoms with Crippen molar-refractivity contribution in [1.29, 1.82) is 0 Å². The first-order valence-corrected chi connectivity index (χ1v) is 13.6. The highest BCUT2D eigenvalue weighted by atomic mass is 79.9. The topological polar surface area (TPSA) is 88.1 Å². The summed E-state index contributed by atoms with van der Waals surface area (Å²) in [5.74, 6) is 1.85. The molecule has 0 unspecified atom stereocenters. The molecule has 0 spiro atoms. The number of methoxy groups -OCH3 is 2. The van der Waals surface area contributed by atoms with E-state index in [2.05, 4.69) is 21.0 Å². The third-order valence-corrected chi connectivity index (χ3v) is 7.31. The van der Waals surface area contributed by atoms with Gasteiger partial charge in [-0.05, 0) is 76.1 Å². The standard InChI is InChI=1S/C32H23BrFN3O5/c1-39-26-8-5-9-27-23(26)15-30(42-27)31-36-25-7-4-3-6-22(25)32(38)37(31)35-17-20-14-28(40-2)29(16-24(20)33)41-18-19-10-12-21(34)13-11-19/h3-17H,18H2,1-2H3. The number of aromatic nitrogens is 2. The Hall–Kier alpha value is -4.96. The third kappa shape index (κ3) is 5.24. The van der Waals surface area contributed by atoms with E-state index in [4.69, 9.17) is 23.6 Å². The Labute approximate surface area is 247 Å². The molecular formula is C32H23BrFN3O5. The van der Waals surface area contributed by atoms with Crippen molar-refractivity contribution in [2.75, 3.05) is 14.2 Å². The van der Waals surface area contributed by atoms with Crippen molar-refractivity contribution in [2.45, 2.75) is 6.61 Å². The normalized spacial score (nSPS) is 11.4. The Morgan fingerprint density at radius 3 is 2.50 bits per heavy atom. The maximum atomic E-state index is 13.6. The predicted molar refractivity (Wildman–Crippen MR) is 162 cm³/mol. The predicted octanol–water partition coefficient (Wildman–Crippen LogP) is 7.19. The van der Waals surface area contributed by atoms with Gasteiger partial charge in [-0.3, -0.25) is 4.79 Å². The van der Waals surface area contributed by atoms with Crippen LogP contribution in [0.5, 0.6) is 17.2 Å². The maximum Gasteiger partial charge on any atom is 0.282 e. The molecule has 0 fully saturated rings. The average Bonchev–Trinajstić information content (AvgIpc) is 3.45. The molecule has 0 amide bonds. The molecule has 6 aromatic rings. The van der Waals surface area contributed by atoms with E-state index in [0.717, 1.165) is 10.9 Å². The minimum absolute atomic E-state index is 0.223. The summed E-state index contributed by atoms with van der Waals surface area (Å²) in [4.78, 5) is 18.4. The van der Waals surface area contributed by atoms with Crippen molar-refractivity contribution >= 4 is 44.0 Å². The SMILES string of the molecule is COc1cc(C=Nn2c(-c3cc4c(OC)cccc4o3)nc3ccccc3c2=O)c(Br)cc1OCc1ccc(F)cc1. The number of hydrogen-bond acceptors (Lipinski definition) is 7. The van der Waals surface area contributed by atoms with E-state index in [9.17, 15) is 9.18 Å². The zero-order valence-electron chi connectivity index (χ0n) is 22.5. The van der Waals surface area contributed by atoms with Crippen LogP contribution in [0.25, 0.3) is 33.5 Å². The largest absolute Gasteiger partial charge is 0.496 e. The summed E-state index contributed by atoms with van der Waals surface area (Å²) in [5, 5.41) is 5.70. The van der Waals surface area contributed by atoms with Crippen LogP contribution < -0.4 is 19.8 Å². The highest BCUT2D eigenvalue weighted by Crippen LogP contribution is 2.35. The molecule has 0 saturated heterocycles. The summed E-state index contributed by atoms with van der Waals surface area (Å²) < 4.78 is 38.2. The summed E-state index contributed by atoms with van der Waals surface area (Å²) in [7, 11) is 3.11. The Morgan fingerprint density at radius 1 is 0.929 bits per heavy atom. The van der Waals surface area contributed by atoms with Crippen LogP contribution in [0.1, 0.15) is 11.1 Å². The first-order chi connectivity index (χ1) is 20.4. The molecule has 0 atom stereocenters. The van der Waals surface area contributed by atoms with Gasteiger partial charge in [0.15, 0.2) is 17.3 Å².